The van der Waals surface area contributed by atoms with Gasteiger partial charge in [-0.15, -0.1) is 0 Å². The van der Waals surface area contributed by atoms with Gasteiger partial charge in [-0.2, -0.15) is 0 Å². The Hall–Kier alpha value is -0.740. The fourth-order valence-corrected chi connectivity index (χ4v) is 3.53. The molecule has 1 saturated heterocycles. The lowest BCUT2D eigenvalue weighted by molar-refractivity contribution is 0.232. The molecule has 0 bridgehead atoms. The Bertz CT molecular complexity index is 443. The summed E-state index contributed by atoms with van der Waals surface area (Å²) in [4.78, 5) is 5.03. The quantitative estimate of drug-likeness (QED) is 0.862. The third-order valence-electron chi connectivity index (χ3n) is 4.17. The Kier molecular flexibility index (Phi) is 4.74. The summed E-state index contributed by atoms with van der Waals surface area (Å²) in [6.45, 7) is 11.1. The predicted molar refractivity (Wildman–Crippen MR) is 86.8 cm³/mol. The molecule has 19 heavy (non-hydrogen) atoms. The number of likely N-dealkylation sites (N-methyl/N-ethyl adjacent to an activating group) is 1. The smallest absolute Gasteiger partial charge is 0.0515 e. The maximum atomic E-state index is 5.95. The van der Waals surface area contributed by atoms with Crippen LogP contribution in [-0.4, -0.2) is 37.1 Å². The summed E-state index contributed by atoms with van der Waals surface area (Å²) in [5.74, 6) is 0. The van der Waals surface area contributed by atoms with E-state index < -0.39 is 0 Å². The van der Waals surface area contributed by atoms with E-state index in [1.54, 1.807) is 0 Å². The van der Waals surface area contributed by atoms with E-state index in [1.165, 1.54) is 12.1 Å². The molecule has 0 saturated carbocycles. The molecule has 2 N–H and O–H groups in total. The fourth-order valence-electron chi connectivity index (χ4n) is 2.92. The van der Waals surface area contributed by atoms with Crippen molar-refractivity contribution in [3.63, 3.8) is 0 Å². The number of anilines is 2. The Morgan fingerprint density at radius 1 is 1.37 bits per heavy atom. The number of rotatable bonds is 4. The molecule has 106 valence electrons. The number of benzene rings is 1. The Balaban J connectivity index is 2.15. The average molecular weight is 326 g/mol. The summed E-state index contributed by atoms with van der Waals surface area (Å²) in [5, 5.41) is 0. The van der Waals surface area contributed by atoms with Crippen molar-refractivity contribution in [3.05, 3.63) is 22.2 Å². The highest BCUT2D eigenvalue weighted by atomic mass is 79.9. The van der Waals surface area contributed by atoms with Crippen molar-refractivity contribution in [1.29, 1.82) is 0 Å². The molecule has 0 spiro atoms. The van der Waals surface area contributed by atoms with Crippen molar-refractivity contribution in [3.8, 4) is 0 Å². The van der Waals surface area contributed by atoms with E-state index >= 15 is 0 Å². The molecule has 0 aliphatic carbocycles. The minimum Gasteiger partial charge on any atom is -0.398 e. The minimum atomic E-state index is 0.680. The molecule has 0 aromatic heterocycles. The van der Waals surface area contributed by atoms with Crippen LogP contribution in [0.4, 0.5) is 11.4 Å². The van der Waals surface area contributed by atoms with Crippen LogP contribution in [0.3, 0.4) is 0 Å². The van der Waals surface area contributed by atoms with E-state index in [4.69, 9.17) is 5.73 Å². The van der Waals surface area contributed by atoms with Gasteiger partial charge in [-0.05, 0) is 60.1 Å². The predicted octanol–water partition coefficient (Wildman–Crippen LogP) is 3.26. The van der Waals surface area contributed by atoms with Gasteiger partial charge in [0.25, 0.3) is 0 Å². The van der Waals surface area contributed by atoms with Gasteiger partial charge in [0.1, 0.15) is 0 Å². The van der Waals surface area contributed by atoms with Gasteiger partial charge in [-0.25, -0.2) is 0 Å². The van der Waals surface area contributed by atoms with Gasteiger partial charge in [-0.1, -0.05) is 13.8 Å². The maximum absolute atomic E-state index is 5.95. The van der Waals surface area contributed by atoms with E-state index in [-0.39, 0.29) is 0 Å². The summed E-state index contributed by atoms with van der Waals surface area (Å²) in [6.07, 6.45) is 1.25. The molecule has 0 radical (unpaired) electrons. The van der Waals surface area contributed by atoms with E-state index in [9.17, 15) is 0 Å². The molecule has 1 unspecified atom stereocenters. The largest absolute Gasteiger partial charge is 0.398 e. The second-order valence-corrected chi connectivity index (χ2v) is 6.12. The Morgan fingerprint density at radius 3 is 2.68 bits per heavy atom. The van der Waals surface area contributed by atoms with Gasteiger partial charge < -0.3 is 10.6 Å². The average Bonchev–Trinajstić information content (AvgIpc) is 2.85. The SMILES string of the molecule is CCN(CC)C1CCN(c2cc(C)c(N)cc2Br)C1. The van der Waals surface area contributed by atoms with Crippen LogP contribution in [0.1, 0.15) is 25.8 Å². The topological polar surface area (TPSA) is 32.5 Å². The molecule has 1 aromatic rings. The lowest BCUT2D eigenvalue weighted by atomic mass is 10.1. The Labute approximate surface area is 124 Å². The van der Waals surface area contributed by atoms with E-state index in [2.05, 4.69) is 52.6 Å². The molecule has 4 heteroatoms. The third kappa shape index (κ3) is 3.06. The lowest BCUT2D eigenvalue weighted by Gasteiger charge is -2.27. The number of hydrogen-bond acceptors (Lipinski definition) is 3. The normalized spacial score (nSPS) is 19.4. The molecular weight excluding hydrogens is 302 g/mol. The zero-order valence-corrected chi connectivity index (χ0v) is 13.7. The maximum Gasteiger partial charge on any atom is 0.0515 e. The number of hydrogen-bond donors (Lipinski definition) is 1. The molecule has 1 heterocycles. The van der Waals surface area contributed by atoms with Crippen molar-refractivity contribution in [2.24, 2.45) is 0 Å². The van der Waals surface area contributed by atoms with Gasteiger partial charge in [0.05, 0.1) is 5.69 Å². The van der Waals surface area contributed by atoms with Crippen LogP contribution in [0, 0.1) is 6.92 Å². The van der Waals surface area contributed by atoms with Gasteiger partial charge in [0.15, 0.2) is 0 Å². The molecule has 1 aliphatic rings. The standard InChI is InChI=1S/C15H24BrN3/c1-4-18(5-2)12-6-7-19(10-12)15-8-11(3)14(17)9-13(15)16/h8-9,12H,4-7,10,17H2,1-3H3. The van der Waals surface area contributed by atoms with Crippen molar-refractivity contribution >= 4 is 27.3 Å². The van der Waals surface area contributed by atoms with Crippen LogP contribution < -0.4 is 10.6 Å². The van der Waals surface area contributed by atoms with Crippen molar-refractivity contribution in [2.45, 2.75) is 33.2 Å². The first-order chi connectivity index (χ1) is 9.06. The van der Waals surface area contributed by atoms with Gasteiger partial charge in [0.2, 0.25) is 0 Å². The van der Waals surface area contributed by atoms with Gasteiger partial charge in [0, 0.05) is 29.3 Å². The summed E-state index contributed by atoms with van der Waals surface area (Å²) < 4.78 is 1.11. The first-order valence-electron chi connectivity index (χ1n) is 7.11. The number of halogens is 1. The number of nitrogens with zero attached hydrogens (tertiary/aromatic N) is 2. The minimum absolute atomic E-state index is 0.680. The highest BCUT2D eigenvalue weighted by Crippen LogP contribution is 2.33. The number of aryl methyl sites for hydroxylation is 1. The van der Waals surface area contributed by atoms with E-state index in [0.717, 1.165) is 41.9 Å². The molecule has 1 fully saturated rings. The van der Waals surface area contributed by atoms with E-state index in [1.807, 2.05) is 6.07 Å². The lowest BCUT2D eigenvalue weighted by Crippen LogP contribution is -2.37. The zero-order chi connectivity index (χ0) is 14.0. The van der Waals surface area contributed by atoms with Crippen LogP contribution in [0.25, 0.3) is 0 Å². The van der Waals surface area contributed by atoms with Crippen LogP contribution in [0.15, 0.2) is 16.6 Å². The summed E-state index contributed by atoms with van der Waals surface area (Å²) >= 11 is 3.65. The van der Waals surface area contributed by atoms with Crippen molar-refractivity contribution < 1.29 is 0 Å². The van der Waals surface area contributed by atoms with Crippen molar-refractivity contribution in [1.82, 2.24) is 4.90 Å². The second kappa shape index (κ2) is 6.14. The molecule has 1 aliphatic heterocycles. The first kappa shape index (κ1) is 14.7. The number of nitrogens with two attached hydrogens (primary N) is 1. The molecular formula is C15H24BrN3. The van der Waals surface area contributed by atoms with Crippen LogP contribution >= 0.6 is 15.9 Å². The van der Waals surface area contributed by atoms with Crippen LogP contribution in [-0.2, 0) is 0 Å². The molecule has 3 nitrogen and oxygen atoms in total. The second-order valence-electron chi connectivity index (χ2n) is 5.27. The van der Waals surface area contributed by atoms with Crippen LogP contribution in [0.2, 0.25) is 0 Å². The monoisotopic (exact) mass is 325 g/mol. The number of nitrogen functional groups attached to an aromatic ring is 1. The van der Waals surface area contributed by atoms with Gasteiger partial charge >= 0.3 is 0 Å². The van der Waals surface area contributed by atoms with E-state index in [0.29, 0.717) is 6.04 Å². The summed E-state index contributed by atoms with van der Waals surface area (Å²) in [5.41, 5.74) is 9.24. The van der Waals surface area contributed by atoms with Crippen molar-refractivity contribution in [2.75, 3.05) is 36.8 Å². The third-order valence-corrected chi connectivity index (χ3v) is 4.80. The molecule has 0 amide bonds. The molecule has 1 aromatic carbocycles. The Morgan fingerprint density at radius 2 is 2.05 bits per heavy atom. The van der Waals surface area contributed by atoms with Crippen LogP contribution in [0.5, 0.6) is 0 Å². The molecule has 1 atom stereocenters. The fraction of sp³-hybridized carbons (Fsp3) is 0.600. The highest BCUT2D eigenvalue weighted by molar-refractivity contribution is 9.10. The first-order valence-corrected chi connectivity index (χ1v) is 7.90. The zero-order valence-electron chi connectivity index (χ0n) is 12.1. The summed E-state index contributed by atoms with van der Waals surface area (Å²) in [7, 11) is 0. The summed E-state index contributed by atoms with van der Waals surface area (Å²) in [6, 6.07) is 4.90. The highest BCUT2D eigenvalue weighted by Gasteiger charge is 2.27. The van der Waals surface area contributed by atoms with Gasteiger partial charge in [-0.3, -0.25) is 4.90 Å². The molecule has 2 rings (SSSR count).